The number of carbonyl (C=O) groups is 3. The first-order valence-corrected chi connectivity index (χ1v) is 9.00. The third-order valence-electron chi connectivity index (χ3n) is 4.82. The molecular weight excluding hydrogens is 365 g/mol. The van der Waals surface area contributed by atoms with Crippen LogP contribution >= 0.6 is 23.2 Å². The lowest BCUT2D eigenvalue weighted by atomic mass is 9.87. The summed E-state index contributed by atoms with van der Waals surface area (Å²) in [5, 5.41) is 6.00. The molecule has 2 heterocycles. The third kappa shape index (κ3) is 3.90. The second-order valence-corrected chi connectivity index (χ2v) is 7.29. The van der Waals surface area contributed by atoms with Crippen molar-refractivity contribution in [3.05, 3.63) is 33.8 Å². The molecule has 4 amide bonds. The van der Waals surface area contributed by atoms with Crippen LogP contribution in [0.5, 0.6) is 0 Å². The van der Waals surface area contributed by atoms with Crippen LogP contribution in [0.1, 0.15) is 31.2 Å². The number of nitrogens with one attached hydrogen (secondary N) is 2. The summed E-state index contributed by atoms with van der Waals surface area (Å²) in [7, 11) is 0. The molecule has 0 bridgehead atoms. The Hall–Kier alpha value is -1.79. The minimum atomic E-state index is -0.839. The van der Waals surface area contributed by atoms with E-state index < -0.39 is 11.6 Å². The molecule has 1 aromatic rings. The van der Waals surface area contributed by atoms with Crippen molar-refractivity contribution in [2.75, 3.05) is 13.1 Å². The molecule has 0 radical (unpaired) electrons. The van der Waals surface area contributed by atoms with E-state index >= 15 is 0 Å². The van der Waals surface area contributed by atoms with E-state index in [1.807, 2.05) is 12.1 Å². The highest BCUT2D eigenvalue weighted by Crippen LogP contribution is 2.26. The van der Waals surface area contributed by atoms with Gasteiger partial charge in [0.25, 0.3) is 5.91 Å². The molecule has 2 fully saturated rings. The van der Waals surface area contributed by atoms with Crippen LogP contribution in [0.25, 0.3) is 0 Å². The number of nitrogens with zero attached hydrogens (tertiary/aromatic N) is 1. The van der Waals surface area contributed by atoms with Crippen LogP contribution < -0.4 is 10.6 Å². The van der Waals surface area contributed by atoms with Gasteiger partial charge in [0.1, 0.15) is 5.54 Å². The molecule has 0 saturated carbocycles. The van der Waals surface area contributed by atoms with E-state index in [0.717, 1.165) is 18.4 Å². The van der Waals surface area contributed by atoms with Gasteiger partial charge in [0.15, 0.2) is 0 Å². The third-order valence-corrected chi connectivity index (χ3v) is 5.56. The molecule has 2 aliphatic rings. The Labute approximate surface area is 155 Å². The summed E-state index contributed by atoms with van der Waals surface area (Å²) in [4.78, 5) is 37.3. The van der Waals surface area contributed by atoms with Gasteiger partial charge in [-0.2, -0.15) is 0 Å². The zero-order valence-electron chi connectivity index (χ0n) is 13.6. The number of hydrogen-bond donors (Lipinski definition) is 2. The normalized spacial score (nSPS) is 19.0. The molecule has 134 valence electrons. The summed E-state index contributed by atoms with van der Waals surface area (Å²) in [5.74, 6) is -0.219. The Morgan fingerprint density at radius 3 is 2.48 bits per heavy atom. The van der Waals surface area contributed by atoms with E-state index in [1.165, 1.54) is 0 Å². The topological polar surface area (TPSA) is 78.5 Å². The van der Waals surface area contributed by atoms with E-state index in [4.69, 9.17) is 23.2 Å². The summed E-state index contributed by atoms with van der Waals surface area (Å²) in [6.45, 7) is 0.943. The maximum Gasteiger partial charge on any atom is 0.322 e. The number of piperidine rings is 1. The second-order valence-electron chi connectivity index (χ2n) is 6.47. The molecule has 2 N–H and O–H groups in total. The van der Waals surface area contributed by atoms with Crippen molar-refractivity contribution in [3.63, 3.8) is 0 Å². The maximum absolute atomic E-state index is 12.3. The lowest BCUT2D eigenvalue weighted by Crippen LogP contribution is -2.55. The quantitative estimate of drug-likeness (QED) is 0.784. The van der Waals surface area contributed by atoms with Crippen LogP contribution in [0.15, 0.2) is 18.2 Å². The van der Waals surface area contributed by atoms with E-state index in [0.29, 0.717) is 42.4 Å². The highest BCUT2D eigenvalue weighted by atomic mass is 35.5. The lowest BCUT2D eigenvalue weighted by molar-refractivity contribution is -0.135. The SMILES string of the molecule is O=C1NC(=O)C2(CCN(C(=O)CCCc3ccc(Cl)c(Cl)c3)CC2)N1. The van der Waals surface area contributed by atoms with Gasteiger partial charge in [0.05, 0.1) is 10.0 Å². The van der Waals surface area contributed by atoms with Gasteiger partial charge in [-0.1, -0.05) is 29.3 Å². The average Bonchev–Trinajstić information content (AvgIpc) is 2.85. The van der Waals surface area contributed by atoms with Gasteiger partial charge in [-0.25, -0.2) is 4.79 Å². The van der Waals surface area contributed by atoms with Crippen LogP contribution in [-0.4, -0.2) is 41.4 Å². The van der Waals surface area contributed by atoms with Crippen LogP contribution in [0.4, 0.5) is 4.79 Å². The first kappa shape index (κ1) is 18.0. The Morgan fingerprint density at radius 1 is 1.16 bits per heavy atom. The highest BCUT2D eigenvalue weighted by Gasteiger charge is 2.48. The zero-order chi connectivity index (χ0) is 18.0. The molecule has 3 rings (SSSR count). The fraction of sp³-hybridized carbons (Fsp3) is 0.471. The van der Waals surface area contributed by atoms with Crippen LogP contribution in [0.2, 0.25) is 10.0 Å². The summed E-state index contributed by atoms with van der Waals surface area (Å²) < 4.78 is 0. The summed E-state index contributed by atoms with van der Waals surface area (Å²) >= 11 is 11.9. The number of rotatable bonds is 4. The predicted molar refractivity (Wildman–Crippen MR) is 94.6 cm³/mol. The number of halogens is 2. The van der Waals surface area contributed by atoms with Crippen LogP contribution in [0.3, 0.4) is 0 Å². The van der Waals surface area contributed by atoms with Crippen LogP contribution in [-0.2, 0) is 16.0 Å². The molecule has 8 heteroatoms. The van der Waals surface area contributed by atoms with Gasteiger partial charge in [-0.15, -0.1) is 0 Å². The molecule has 0 unspecified atom stereocenters. The van der Waals surface area contributed by atoms with Gasteiger partial charge in [-0.3, -0.25) is 14.9 Å². The predicted octanol–water partition coefficient (Wildman–Crippen LogP) is 2.52. The number of carbonyl (C=O) groups excluding carboxylic acids is 3. The van der Waals surface area contributed by atoms with Crippen molar-refractivity contribution in [3.8, 4) is 0 Å². The van der Waals surface area contributed by atoms with Gasteiger partial charge in [0.2, 0.25) is 5.91 Å². The number of urea groups is 1. The lowest BCUT2D eigenvalue weighted by Gasteiger charge is -2.37. The molecule has 1 aromatic carbocycles. The van der Waals surface area contributed by atoms with Gasteiger partial charge in [-0.05, 0) is 43.4 Å². The molecule has 0 aliphatic carbocycles. The first-order valence-electron chi connectivity index (χ1n) is 8.25. The van der Waals surface area contributed by atoms with Crippen molar-refractivity contribution >= 4 is 41.0 Å². The molecular formula is C17H19Cl2N3O3. The van der Waals surface area contributed by atoms with Gasteiger partial charge in [0, 0.05) is 19.5 Å². The number of imide groups is 1. The Morgan fingerprint density at radius 2 is 1.88 bits per heavy atom. The second kappa shape index (κ2) is 7.22. The van der Waals surface area contributed by atoms with E-state index in [1.54, 1.807) is 11.0 Å². The minimum absolute atomic E-state index is 0.0691. The van der Waals surface area contributed by atoms with Gasteiger partial charge < -0.3 is 10.2 Å². The average molecular weight is 384 g/mol. The number of likely N-dealkylation sites (tertiary alicyclic amines) is 1. The van der Waals surface area contributed by atoms with E-state index in [9.17, 15) is 14.4 Å². The molecule has 2 aliphatic heterocycles. The van der Waals surface area contributed by atoms with Crippen molar-refractivity contribution in [1.29, 1.82) is 0 Å². The van der Waals surface area contributed by atoms with Gasteiger partial charge >= 0.3 is 6.03 Å². The first-order chi connectivity index (χ1) is 11.9. The summed E-state index contributed by atoms with van der Waals surface area (Å²) in [6.07, 6.45) is 2.80. The monoisotopic (exact) mass is 383 g/mol. The Bertz CT molecular complexity index is 715. The fourth-order valence-corrected chi connectivity index (χ4v) is 3.64. The highest BCUT2D eigenvalue weighted by molar-refractivity contribution is 6.42. The molecule has 0 atom stereocenters. The van der Waals surface area contributed by atoms with E-state index in [-0.39, 0.29) is 11.8 Å². The van der Waals surface area contributed by atoms with Crippen molar-refractivity contribution in [1.82, 2.24) is 15.5 Å². The number of hydrogen-bond acceptors (Lipinski definition) is 3. The number of benzene rings is 1. The number of amides is 4. The fourth-order valence-electron chi connectivity index (χ4n) is 3.31. The molecule has 6 nitrogen and oxygen atoms in total. The summed E-state index contributed by atoms with van der Waals surface area (Å²) in [5.41, 5.74) is 0.207. The van der Waals surface area contributed by atoms with Crippen molar-refractivity contribution in [2.24, 2.45) is 0 Å². The minimum Gasteiger partial charge on any atom is -0.342 e. The molecule has 1 spiro atoms. The van der Waals surface area contributed by atoms with Crippen molar-refractivity contribution < 1.29 is 14.4 Å². The smallest absolute Gasteiger partial charge is 0.322 e. The molecule has 0 aromatic heterocycles. The maximum atomic E-state index is 12.3. The molecule has 2 saturated heterocycles. The van der Waals surface area contributed by atoms with E-state index in [2.05, 4.69) is 10.6 Å². The largest absolute Gasteiger partial charge is 0.342 e. The summed E-state index contributed by atoms with van der Waals surface area (Å²) in [6, 6.07) is 5.03. The zero-order valence-corrected chi connectivity index (χ0v) is 15.1. The Kier molecular flexibility index (Phi) is 5.20. The molecule has 25 heavy (non-hydrogen) atoms. The number of aryl methyl sites for hydroxylation is 1. The Balaban J connectivity index is 1.46. The van der Waals surface area contributed by atoms with Crippen molar-refractivity contribution in [2.45, 2.75) is 37.6 Å². The standard InChI is InChI=1S/C17H19Cl2N3O3/c18-12-5-4-11(10-13(12)19)2-1-3-14(23)22-8-6-17(7-9-22)15(24)20-16(25)21-17/h4-5,10H,1-3,6-9H2,(H2,20,21,24,25). The van der Waals surface area contributed by atoms with Crippen LogP contribution in [0, 0.1) is 0 Å².